The summed E-state index contributed by atoms with van der Waals surface area (Å²) in [7, 11) is 0. The molecule has 0 radical (unpaired) electrons. The zero-order valence-electron chi connectivity index (χ0n) is 10.2. The second kappa shape index (κ2) is 4.49. The molecule has 0 aromatic rings. The van der Waals surface area contributed by atoms with Crippen molar-refractivity contribution >= 4 is 11.9 Å². The van der Waals surface area contributed by atoms with Crippen molar-refractivity contribution in [2.24, 2.45) is 11.1 Å². The Hall–Kier alpha value is -1.18. The van der Waals surface area contributed by atoms with Crippen LogP contribution in [0.5, 0.6) is 0 Å². The molecule has 4 N–H and O–H groups in total. The zero-order chi connectivity index (χ0) is 13.5. The lowest BCUT2D eigenvalue weighted by molar-refractivity contribution is -0.153. The van der Waals surface area contributed by atoms with E-state index in [9.17, 15) is 14.7 Å². The van der Waals surface area contributed by atoms with Crippen molar-refractivity contribution in [1.82, 2.24) is 4.90 Å². The number of carbonyl (C=O) groups is 2. The van der Waals surface area contributed by atoms with Crippen LogP contribution in [-0.2, 0) is 14.3 Å². The van der Waals surface area contributed by atoms with Crippen LogP contribution in [0, 0.1) is 5.41 Å². The molecule has 2 rings (SSSR count). The molecule has 2 heterocycles. The van der Waals surface area contributed by atoms with E-state index in [0.29, 0.717) is 0 Å². The summed E-state index contributed by atoms with van der Waals surface area (Å²) in [5.74, 6) is -1.45. The number of aliphatic carboxylic acids is 1. The number of rotatable bonds is 2. The summed E-state index contributed by atoms with van der Waals surface area (Å²) in [5.41, 5.74) is 4.95. The van der Waals surface area contributed by atoms with Gasteiger partial charge in [0.2, 0.25) is 5.91 Å². The molecule has 1 amide bonds. The van der Waals surface area contributed by atoms with Crippen LogP contribution >= 0.6 is 0 Å². The average Bonchev–Trinajstić information content (AvgIpc) is 2.83. The maximum absolute atomic E-state index is 12.4. The van der Waals surface area contributed by atoms with Crippen LogP contribution in [0.4, 0.5) is 0 Å². The van der Waals surface area contributed by atoms with Crippen LogP contribution in [0.15, 0.2) is 0 Å². The first-order valence-electron chi connectivity index (χ1n) is 5.91. The lowest BCUT2D eigenvalue weighted by Crippen LogP contribution is -2.54. The Bertz CT molecular complexity index is 374. The molecule has 18 heavy (non-hydrogen) atoms. The summed E-state index contributed by atoms with van der Waals surface area (Å²) in [6, 6.07) is -1.42. The first kappa shape index (κ1) is 13.3. The number of amides is 1. The van der Waals surface area contributed by atoms with Gasteiger partial charge < -0.3 is 25.6 Å². The molecular weight excluding hydrogens is 240 g/mol. The lowest BCUT2D eigenvalue weighted by Gasteiger charge is -2.32. The molecule has 0 saturated carbocycles. The smallest absolute Gasteiger partial charge is 0.326 e. The van der Waals surface area contributed by atoms with Gasteiger partial charge in [-0.2, -0.15) is 0 Å². The molecule has 2 saturated heterocycles. The van der Waals surface area contributed by atoms with Gasteiger partial charge in [-0.25, -0.2) is 4.79 Å². The first-order chi connectivity index (χ1) is 8.36. The maximum atomic E-state index is 12.4. The van der Waals surface area contributed by atoms with Gasteiger partial charge in [-0.3, -0.25) is 4.79 Å². The Kier molecular flexibility index (Phi) is 3.31. The highest BCUT2D eigenvalue weighted by Crippen LogP contribution is 2.32. The fourth-order valence-corrected chi connectivity index (χ4v) is 2.51. The molecule has 0 aliphatic carbocycles. The van der Waals surface area contributed by atoms with Crippen LogP contribution in [0.3, 0.4) is 0 Å². The van der Waals surface area contributed by atoms with Crippen LogP contribution in [-0.4, -0.2) is 64.9 Å². The molecule has 0 spiro atoms. The predicted molar refractivity (Wildman–Crippen MR) is 60.7 cm³/mol. The standard InChI is InChI=1S/C11H18N2O5/c1-11(5-18-4-8(11)12)10(17)13-3-6(14)2-7(13)9(15)16/h6-8,14H,2-5,12H2,1H3,(H,15,16)/t6?,7-,8?,11?/m0/s1. The van der Waals surface area contributed by atoms with E-state index >= 15 is 0 Å². The Morgan fingerprint density at radius 3 is 2.67 bits per heavy atom. The number of hydrogen-bond donors (Lipinski definition) is 3. The van der Waals surface area contributed by atoms with Gasteiger partial charge >= 0.3 is 5.97 Å². The second-order valence-electron chi connectivity index (χ2n) is 5.24. The summed E-state index contributed by atoms with van der Waals surface area (Å²) < 4.78 is 5.19. The summed E-state index contributed by atoms with van der Waals surface area (Å²) in [5, 5.41) is 18.6. The summed E-state index contributed by atoms with van der Waals surface area (Å²) in [6.45, 7) is 2.19. The minimum Gasteiger partial charge on any atom is -0.480 e. The number of aliphatic hydroxyl groups excluding tert-OH is 1. The van der Waals surface area contributed by atoms with Gasteiger partial charge in [0.25, 0.3) is 0 Å². The number of likely N-dealkylation sites (tertiary alicyclic amines) is 1. The number of carboxylic acids is 1. The van der Waals surface area contributed by atoms with Crippen molar-refractivity contribution in [1.29, 1.82) is 0 Å². The quantitative estimate of drug-likeness (QED) is 0.549. The highest BCUT2D eigenvalue weighted by Gasteiger charge is 2.50. The molecule has 3 unspecified atom stereocenters. The van der Waals surface area contributed by atoms with Gasteiger partial charge in [-0.1, -0.05) is 0 Å². The Balaban J connectivity index is 2.20. The van der Waals surface area contributed by atoms with Crippen molar-refractivity contribution in [2.75, 3.05) is 19.8 Å². The Morgan fingerprint density at radius 2 is 2.17 bits per heavy atom. The average molecular weight is 258 g/mol. The molecule has 0 aromatic heterocycles. The number of carboxylic acid groups (broad SMARTS) is 1. The van der Waals surface area contributed by atoms with Gasteiger partial charge in [0, 0.05) is 19.0 Å². The van der Waals surface area contributed by atoms with Gasteiger partial charge in [0.15, 0.2) is 0 Å². The third-order valence-corrected chi connectivity index (χ3v) is 3.83. The van der Waals surface area contributed by atoms with Crippen molar-refractivity contribution in [3.8, 4) is 0 Å². The van der Waals surface area contributed by atoms with E-state index in [1.165, 1.54) is 4.90 Å². The lowest BCUT2D eigenvalue weighted by atomic mass is 9.84. The Labute approximate surface area is 105 Å². The molecule has 2 aliphatic heterocycles. The largest absolute Gasteiger partial charge is 0.480 e. The number of nitrogens with zero attached hydrogens (tertiary/aromatic N) is 1. The van der Waals surface area contributed by atoms with Crippen molar-refractivity contribution in [3.05, 3.63) is 0 Å². The monoisotopic (exact) mass is 258 g/mol. The molecule has 7 nitrogen and oxygen atoms in total. The predicted octanol–water partition coefficient (Wildman–Crippen LogP) is -1.60. The molecule has 2 fully saturated rings. The van der Waals surface area contributed by atoms with E-state index in [4.69, 9.17) is 15.6 Å². The number of β-amino-alcohol motifs (C(OH)–C–C–N with tert-alkyl or cyclic N) is 1. The molecular formula is C11H18N2O5. The van der Waals surface area contributed by atoms with E-state index in [0.717, 1.165) is 0 Å². The minimum absolute atomic E-state index is 0.0398. The second-order valence-corrected chi connectivity index (χ2v) is 5.24. The number of aliphatic hydroxyl groups is 1. The molecule has 102 valence electrons. The Morgan fingerprint density at radius 1 is 1.50 bits per heavy atom. The normalized spacial score (nSPS) is 40.2. The van der Waals surface area contributed by atoms with Crippen LogP contribution in [0.1, 0.15) is 13.3 Å². The fourth-order valence-electron chi connectivity index (χ4n) is 2.51. The molecule has 0 bridgehead atoms. The highest BCUT2D eigenvalue weighted by molar-refractivity contribution is 5.89. The van der Waals surface area contributed by atoms with E-state index in [-0.39, 0.29) is 32.1 Å². The van der Waals surface area contributed by atoms with Crippen molar-refractivity contribution in [3.63, 3.8) is 0 Å². The summed E-state index contributed by atoms with van der Waals surface area (Å²) >= 11 is 0. The van der Waals surface area contributed by atoms with E-state index in [1.807, 2.05) is 0 Å². The number of nitrogens with two attached hydrogens (primary N) is 1. The highest BCUT2D eigenvalue weighted by atomic mass is 16.5. The molecule has 2 aliphatic rings. The summed E-state index contributed by atoms with van der Waals surface area (Å²) in [6.07, 6.45) is -0.732. The SMILES string of the molecule is CC1(C(=O)N2CC(O)C[C@H]2C(=O)O)COCC1N. The number of ether oxygens (including phenoxy) is 1. The topological polar surface area (TPSA) is 113 Å². The third kappa shape index (κ3) is 1.98. The molecule has 4 atom stereocenters. The molecule has 7 heteroatoms. The van der Waals surface area contributed by atoms with Crippen LogP contribution < -0.4 is 5.73 Å². The van der Waals surface area contributed by atoms with Crippen LogP contribution in [0.2, 0.25) is 0 Å². The third-order valence-electron chi connectivity index (χ3n) is 3.83. The number of carbonyl (C=O) groups excluding carboxylic acids is 1. The van der Waals surface area contributed by atoms with Gasteiger partial charge in [-0.05, 0) is 6.92 Å². The van der Waals surface area contributed by atoms with E-state index < -0.39 is 29.6 Å². The maximum Gasteiger partial charge on any atom is 0.326 e. The first-order valence-corrected chi connectivity index (χ1v) is 5.91. The molecule has 0 aromatic carbocycles. The van der Waals surface area contributed by atoms with E-state index in [1.54, 1.807) is 6.92 Å². The zero-order valence-corrected chi connectivity index (χ0v) is 10.2. The van der Waals surface area contributed by atoms with E-state index in [2.05, 4.69) is 0 Å². The van der Waals surface area contributed by atoms with Crippen molar-refractivity contribution < 1.29 is 24.5 Å². The number of hydrogen-bond acceptors (Lipinski definition) is 5. The summed E-state index contributed by atoms with van der Waals surface area (Å²) in [4.78, 5) is 24.7. The van der Waals surface area contributed by atoms with Gasteiger partial charge in [0.05, 0.1) is 24.7 Å². The van der Waals surface area contributed by atoms with Gasteiger partial charge in [-0.15, -0.1) is 0 Å². The van der Waals surface area contributed by atoms with Crippen molar-refractivity contribution in [2.45, 2.75) is 31.5 Å². The van der Waals surface area contributed by atoms with Gasteiger partial charge in [0.1, 0.15) is 6.04 Å². The van der Waals surface area contributed by atoms with Crippen LogP contribution in [0.25, 0.3) is 0 Å². The minimum atomic E-state index is -1.10. The fraction of sp³-hybridized carbons (Fsp3) is 0.818.